The monoisotopic (exact) mass is 243 g/mol. The first-order valence-corrected chi connectivity index (χ1v) is 6.36. The van der Waals surface area contributed by atoms with Crippen LogP contribution in [-0.4, -0.2) is 24.5 Å². The number of ether oxygens (including phenoxy) is 1. The maximum absolute atomic E-state index is 11.5. The molecule has 0 aromatic carbocycles. The number of rotatable bonds is 7. The summed E-state index contributed by atoms with van der Waals surface area (Å²) in [4.78, 5) is 22.5. The van der Waals surface area contributed by atoms with Crippen molar-refractivity contribution in [3.8, 4) is 0 Å². The van der Waals surface area contributed by atoms with Crippen molar-refractivity contribution in [2.24, 2.45) is 11.8 Å². The van der Waals surface area contributed by atoms with Crippen molar-refractivity contribution in [3.63, 3.8) is 0 Å². The van der Waals surface area contributed by atoms with E-state index in [4.69, 9.17) is 4.74 Å². The lowest BCUT2D eigenvalue weighted by Gasteiger charge is -2.22. The summed E-state index contributed by atoms with van der Waals surface area (Å²) >= 11 is 0. The molecule has 1 amide bonds. The minimum Gasteiger partial charge on any atom is -0.449 e. The number of carbonyl (C=O) groups excluding carboxylic acids is 2. The molecule has 100 valence electrons. The summed E-state index contributed by atoms with van der Waals surface area (Å²) in [6.07, 6.45) is 1.47. The lowest BCUT2D eigenvalue weighted by atomic mass is 9.97. The van der Waals surface area contributed by atoms with Gasteiger partial charge in [0, 0.05) is 12.0 Å². The van der Waals surface area contributed by atoms with Crippen LogP contribution in [0.2, 0.25) is 0 Å². The highest BCUT2D eigenvalue weighted by Gasteiger charge is 2.18. The first-order chi connectivity index (χ1) is 7.92. The Morgan fingerprint density at radius 3 is 2.18 bits per heavy atom. The molecule has 4 heteroatoms. The Morgan fingerprint density at radius 1 is 1.18 bits per heavy atom. The van der Waals surface area contributed by atoms with Crippen LogP contribution < -0.4 is 5.32 Å². The van der Waals surface area contributed by atoms with Crippen molar-refractivity contribution in [1.29, 1.82) is 0 Å². The molecule has 0 aromatic heterocycles. The molecule has 4 nitrogen and oxygen atoms in total. The Bertz CT molecular complexity index is 253. The van der Waals surface area contributed by atoms with Gasteiger partial charge in [-0.05, 0) is 19.3 Å². The predicted molar refractivity (Wildman–Crippen MR) is 67.9 cm³/mol. The highest BCUT2D eigenvalue weighted by molar-refractivity contribution is 5.78. The van der Waals surface area contributed by atoms with Crippen LogP contribution in [0, 0.1) is 11.8 Å². The number of nitrogens with one attached hydrogen (secondary N) is 1. The number of hydrogen-bond acceptors (Lipinski definition) is 3. The molecule has 0 spiro atoms. The van der Waals surface area contributed by atoms with E-state index in [9.17, 15) is 9.59 Å². The standard InChI is InChI=1S/C13H25NO3/c1-6-9(3)12(7-2)14-13(16)17-8-10(4)11(5)15/h9-10,12H,6-8H2,1-5H3,(H,14,16)/t9-,10?,12+/m1/s1. The zero-order valence-corrected chi connectivity index (χ0v) is 11.6. The van der Waals surface area contributed by atoms with E-state index in [1.807, 2.05) is 6.92 Å². The molecule has 0 aliphatic rings. The normalized spacial score (nSPS) is 15.8. The second-order valence-electron chi connectivity index (χ2n) is 4.65. The van der Waals surface area contributed by atoms with Gasteiger partial charge in [-0.15, -0.1) is 0 Å². The van der Waals surface area contributed by atoms with Crippen LogP contribution >= 0.6 is 0 Å². The quantitative estimate of drug-likeness (QED) is 0.748. The average molecular weight is 243 g/mol. The van der Waals surface area contributed by atoms with E-state index < -0.39 is 6.09 Å². The lowest BCUT2D eigenvalue weighted by molar-refractivity contribution is -0.121. The lowest BCUT2D eigenvalue weighted by Crippen LogP contribution is -2.39. The van der Waals surface area contributed by atoms with Gasteiger partial charge in [0.15, 0.2) is 0 Å². The summed E-state index contributed by atoms with van der Waals surface area (Å²) < 4.78 is 5.02. The molecule has 0 fully saturated rings. The molecule has 17 heavy (non-hydrogen) atoms. The number of ketones is 1. The maximum Gasteiger partial charge on any atom is 0.407 e. The van der Waals surface area contributed by atoms with Crippen molar-refractivity contribution in [2.45, 2.75) is 53.5 Å². The third-order valence-electron chi connectivity index (χ3n) is 3.23. The Balaban J connectivity index is 4.03. The fraction of sp³-hybridized carbons (Fsp3) is 0.846. The van der Waals surface area contributed by atoms with Crippen LogP contribution in [0.1, 0.15) is 47.5 Å². The first kappa shape index (κ1) is 15.9. The molecule has 0 aromatic rings. The number of alkyl carbamates (subject to hydrolysis) is 1. The highest BCUT2D eigenvalue weighted by Crippen LogP contribution is 2.10. The minimum absolute atomic E-state index is 0.0340. The van der Waals surface area contributed by atoms with E-state index >= 15 is 0 Å². The number of hydrogen-bond donors (Lipinski definition) is 1. The minimum atomic E-state index is -0.426. The number of carbonyl (C=O) groups is 2. The van der Waals surface area contributed by atoms with Gasteiger partial charge in [-0.1, -0.05) is 34.1 Å². The molecular formula is C13H25NO3. The van der Waals surface area contributed by atoms with Crippen LogP contribution in [-0.2, 0) is 9.53 Å². The van der Waals surface area contributed by atoms with Crippen LogP contribution in [0.15, 0.2) is 0 Å². The summed E-state index contributed by atoms with van der Waals surface area (Å²) in [5.74, 6) is 0.231. The maximum atomic E-state index is 11.5. The van der Waals surface area contributed by atoms with Gasteiger partial charge >= 0.3 is 6.09 Å². The van der Waals surface area contributed by atoms with E-state index in [0.29, 0.717) is 5.92 Å². The molecule has 0 saturated carbocycles. The topological polar surface area (TPSA) is 55.4 Å². The summed E-state index contributed by atoms with van der Waals surface area (Å²) in [5.41, 5.74) is 0. The molecule has 0 rings (SSSR count). The third-order valence-corrected chi connectivity index (χ3v) is 3.23. The highest BCUT2D eigenvalue weighted by atomic mass is 16.5. The van der Waals surface area contributed by atoms with Crippen molar-refractivity contribution in [2.75, 3.05) is 6.61 Å². The predicted octanol–water partition coefficient (Wildman–Crippen LogP) is 2.76. The Morgan fingerprint density at radius 2 is 1.76 bits per heavy atom. The van der Waals surface area contributed by atoms with Gasteiger partial charge in [0.25, 0.3) is 0 Å². The van der Waals surface area contributed by atoms with Gasteiger partial charge < -0.3 is 10.1 Å². The van der Waals surface area contributed by atoms with Crippen LogP contribution in [0.3, 0.4) is 0 Å². The molecule has 0 bridgehead atoms. The van der Waals surface area contributed by atoms with Crippen LogP contribution in [0.4, 0.5) is 4.79 Å². The SMILES string of the molecule is CC[C@@H](C)[C@H](CC)NC(=O)OCC(C)C(C)=O. The Kier molecular flexibility index (Phi) is 7.59. The molecule has 1 N–H and O–H groups in total. The fourth-order valence-corrected chi connectivity index (χ4v) is 1.44. The molecular weight excluding hydrogens is 218 g/mol. The van der Waals surface area contributed by atoms with Gasteiger partial charge in [0.1, 0.15) is 12.4 Å². The fourth-order valence-electron chi connectivity index (χ4n) is 1.44. The van der Waals surface area contributed by atoms with Gasteiger partial charge in [0.05, 0.1) is 0 Å². The summed E-state index contributed by atoms with van der Waals surface area (Å²) in [7, 11) is 0. The Hall–Kier alpha value is -1.06. The van der Waals surface area contributed by atoms with Crippen LogP contribution in [0.5, 0.6) is 0 Å². The van der Waals surface area contributed by atoms with Crippen LogP contribution in [0.25, 0.3) is 0 Å². The second-order valence-corrected chi connectivity index (χ2v) is 4.65. The van der Waals surface area contributed by atoms with Crippen molar-refractivity contribution < 1.29 is 14.3 Å². The molecule has 0 aliphatic heterocycles. The first-order valence-electron chi connectivity index (χ1n) is 6.36. The van der Waals surface area contributed by atoms with E-state index in [1.54, 1.807) is 6.92 Å². The second kappa shape index (κ2) is 8.09. The van der Waals surface area contributed by atoms with Gasteiger partial charge in [-0.2, -0.15) is 0 Å². The summed E-state index contributed by atoms with van der Waals surface area (Å²) in [6, 6.07) is 0.139. The van der Waals surface area contributed by atoms with Crippen molar-refractivity contribution >= 4 is 11.9 Å². The molecule has 0 radical (unpaired) electrons. The van der Waals surface area contributed by atoms with E-state index in [0.717, 1.165) is 12.8 Å². The van der Waals surface area contributed by atoms with E-state index in [2.05, 4.69) is 19.2 Å². The smallest absolute Gasteiger partial charge is 0.407 e. The van der Waals surface area contributed by atoms with E-state index in [-0.39, 0.29) is 24.3 Å². The number of amides is 1. The molecule has 0 saturated heterocycles. The van der Waals surface area contributed by atoms with Gasteiger partial charge in [-0.25, -0.2) is 4.79 Å². The molecule has 0 aliphatic carbocycles. The molecule has 0 heterocycles. The van der Waals surface area contributed by atoms with Gasteiger partial charge in [0.2, 0.25) is 0 Å². The molecule has 3 atom stereocenters. The Labute approximate surface area is 104 Å². The zero-order chi connectivity index (χ0) is 13.4. The van der Waals surface area contributed by atoms with Crippen molar-refractivity contribution in [3.05, 3.63) is 0 Å². The van der Waals surface area contributed by atoms with E-state index in [1.165, 1.54) is 6.92 Å². The summed E-state index contributed by atoms with van der Waals surface area (Å²) in [6.45, 7) is 9.64. The summed E-state index contributed by atoms with van der Waals surface area (Å²) in [5, 5.41) is 2.84. The number of Topliss-reactive ketones (excluding diaryl/α,β-unsaturated/α-hetero) is 1. The zero-order valence-electron chi connectivity index (χ0n) is 11.6. The largest absolute Gasteiger partial charge is 0.449 e. The average Bonchev–Trinajstić information content (AvgIpc) is 2.31. The third kappa shape index (κ3) is 6.29. The van der Waals surface area contributed by atoms with Gasteiger partial charge in [-0.3, -0.25) is 4.79 Å². The molecule has 1 unspecified atom stereocenters. The van der Waals surface area contributed by atoms with Crippen molar-refractivity contribution in [1.82, 2.24) is 5.32 Å².